The van der Waals surface area contributed by atoms with Crippen molar-refractivity contribution in [1.82, 2.24) is 0 Å². The zero-order valence-corrected chi connectivity index (χ0v) is 12.3. The largest absolute Gasteiger partial charge is 0.383 e. The summed E-state index contributed by atoms with van der Waals surface area (Å²) in [6.07, 6.45) is 2.41. The van der Waals surface area contributed by atoms with Gasteiger partial charge >= 0.3 is 0 Å². The lowest BCUT2D eigenvalue weighted by molar-refractivity contribution is 0.137. The molecule has 0 atom stereocenters. The van der Waals surface area contributed by atoms with Crippen molar-refractivity contribution in [3.63, 3.8) is 0 Å². The highest BCUT2D eigenvalue weighted by Crippen LogP contribution is 2.15. The Hall–Kier alpha value is -0.540. The Kier molecular flexibility index (Phi) is 7.29. The fraction of sp³-hybridized carbons (Fsp3) is 0.571. The fourth-order valence-corrected chi connectivity index (χ4v) is 1.96. The van der Waals surface area contributed by atoms with Crippen molar-refractivity contribution in [2.75, 3.05) is 25.1 Å². The van der Waals surface area contributed by atoms with Crippen LogP contribution in [-0.2, 0) is 4.74 Å². The van der Waals surface area contributed by atoms with Gasteiger partial charge in [0.2, 0.25) is 0 Å². The monoisotopic (exact) mass is 299 g/mol. The van der Waals surface area contributed by atoms with E-state index in [2.05, 4.69) is 47.2 Å². The van der Waals surface area contributed by atoms with Gasteiger partial charge in [0.05, 0.1) is 6.61 Å². The van der Waals surface area contributed by atoms with Crippen LogP contribution in [-0.4, -0.2) is 19.8 Å². The van der Waals surface area contributed by atoms with Gasteiger partial charge in [-0.3, -0.25) is 0 Å². The number of anilines is 1. The number of benzene rings is 1. The van der Waals surface area contributed by atoms with Gasteiger partial charge in [0, 0.05) is 23.3 Å². The lowest BCUT2D eigenvalue weighted by Crippen LogP contribution is -2.10. The minimum absolute atomic E-state index is 0.768. The van der Waals surface area contributed by atoms with Gasteiger partial charge in [-0.15, -0.1) is 0 Å². The maximum atomic E-state index is 5.56. The smallest absolute Gasteiger partial charge is 0.0639 e. The van der Waals surface area contributed by atoms with Gasteiger partial charge in [-0.25, -0.2) is 0 Å². The van der Waals surface area contributed by atoms with Gasteiger partial charge in [0.1, 0.15) is 0 Å². The molecule has 0 aliphatic rings. The summed E-state index contributed by atoms with van der Waals surface area (Å²) >= 11 is 3.45. The van der Waals surface area contributed by atoms with Crippen molar-refractivity contribution < 1.29 is 4.74 Å². The minimum atomic E-state index is 0.768. The number of halogens is 1. The number of nitrogens with one attached hydrogen (secondary N) is 1. The predicted molar refractivity (Wildman–Crippen MR) is 77.5 cm³/mol. The van der Waals surface area contributed by atoms with E-state index in [4.69, 9.17) is 4.74 Å². The summed E-state index contributed by atoms with van der Waals surface area (Å²) in [5, 5.41) is 3.33. The second-order valence-corrected chi connectivity index (χ2v) is 5.50. The molecule has 0 saturated carbocycles. The Morgan fingerprint density at radius 1 is 1.29 bits per heavy atom. The first-order valence-corrected chi connectivity index (χ1v) is 7.05. The van der Waals surface area contributed by atoms with E-state index in [-0.39, 0.29) is 0 Å². The van der Waals surface area contributed by atoms with Crippen molar-refractivity contribution in [3.05, 3.63) is 28.7 Å². The van der Waals surface area contributed by atoms with Crippen LogP contribution in [0.2, 0.25) is 0 Å². The Morgan fingerprint density at radius 2 is 2.12 bits per heavy atom. The average Bonchev–Trinajstić information content (AvgIpc) is 2.27. The first kappa shape index (κ1) is 14.5. The summed E-state index contributed by atoms with van der Waals surface area (Å²) in [7, 11) is 0. The van der Waals surface area contributed by atoms with Crippen LogP contribution in [0, 0.1) is 5.92 Å². The van der Waals surface area contributed by atoms with Crippen LogP contribution in [0.4, 0.5) is 5.69 Å². The van der Waals surface area contributed by atoms with Gasteiger partial charge in [-0.1, -0.05) is 35.8 Å². The molecule has 0 radical (unpaired) electrons. The van der Waals surface area contributed by atoms with Crippen molar-refractivity contribution in [3.8, 4) is 0 Å². The molecule has 1 aromatic rings. The molecule has 0 amide bonds. The van der Waals surface area contributed by atoms with Gasteiger partial charge in [0.25, 0.3) is 0 Å². The fourth-order valence-electron chi connectivity index (χ4n) is 1.56. The summed E-state index contributed by atoms with van der Waals surface area (Å²) in [5.74, 6) is 0.776. The highest BCUT2D eigenvalue weighted by Gasteiger charge is 1.95. The first-order chi connectivity index (χ1) is 8.18. The van der Waals surface area contributed by atoms with Crippen LogP contribution in [0.25, 0.3) is 0 Å². The standard InChI is InChI=1S/C14H22BrNO/c1-12(2)5-4-9-17-10-8-16-14-7-3-6-13(15)11-14/h3,6-7,11-12,16H,4-5,8-10H2,1-2H3. The third-order valence-corrected chi connectivity index (χ3v) is 2.96. The molecular weight excluding hydrogens is 278 g/mol. The SMILES string of the molecule is CC(C)CCCOCCNc1cccc(Br)c1. The van der Waals surface area contributed by atoms with Gasteiger partial charge < -0.3 is 10.1 Å². The lowest BCUT2D eigenvalue weighted by Gasteiger charge is -2.08. The summed E-state index contributed by atoms with van der Waals surface area (Å²) in [6.45, 7) is 6.99. The van der Waals surface area contributed by atoms with Crippen molar-refractivity contribution in [1.29, 1.82) is 0 Å². The van der Waals surface area contributed by atoms with Crippen molar-refractivity contribution in [2.45, 2.75) is 26.7 Å². The van der Waals surface area contributed by atoms with Crippen molar-refractivity contribution in [2.24, 2.45) is 5.92 Å². The van der Waals surface area contributed by atoms with Crippen LogP contribution >= 0.6 is 15.9 Å². The molecule has 2 nitrogen and oxygen atoms in total. The second-order valence-electron chi connectivity index (χ2n) is 4.59. The molecule has 1 aromatic carbocycles. The maximum absolute atomic E-state index is 5.56. The quantitative estimate of drug-likeness (QED) is 0.722. The highest BCUT2D eigenvalue weighted by molar-refractivity contribution is 9.10. The van der Waals surface area contributed by atoms with Gasteiger partial charge in [-0.2, -0.15) is 0 Å². The molecule has 0 aromatic heterocycles. The molecular formula is C14H22BrNO. The minimum Gasteiger partial charge on any atom is -0.383 e. The van der Waals surface area contributed by atoms with Crippen LogP contribution in [0.5, 0.6) is 0 Å². The van der Waals surface area contributed by atoms with Gasteiger partial charge in [0.15, 0.2) is 0 Å². The van der Waals surface area contributed by atoms with Crippen molar-refractivity contribution >= 4 is 21.6 Å². The molecule has 3 heteroatoms. The predicted octanol–water partition coefficient (Wildman–Crippen LogP) is 4.31. The van der Waals surface area contributed by atoms with E-state index in [1.165, 1.54) is 6.42 Å². The van der Waals surface area contributed by atoms with E-state index in [9.17, 15) is 0 Å². The highest BCUT2D eigenvalue weighted by atomic mass is 79.9. The molecule has 0 spiro atoms. The Morgan fingerprint density at radius 3 is 2.82 bits per heavy atom. The van der Waals surface area contributed by atoms with Gasteiger partial charge in [-0.05, 0) is 37.0 Å². The van der Waals surface area contributed by atoms with Crippen LogP contribution in [0.1, 0.15) is 26.7 Å². The third-order valence-electron chi connectivity index (χ3n) is 2.47. The van der Waals surface area contributed by atoms with E-state index >= 15 is 0 Å². The van der Waals surface area contributed by atoms with E-state index in [1.807, 2.05) is 12.1 Å². The summed E-state index contributed by atoms with van der Waals surface area (Å²) in [5.41, 5.74) is 1.13. The molecule has 1 rings (SSSR count). The molecule has 17 heavy (non-hydrogen) atoms. The number of rotatable bonds is 8. The molecule has 0 bridgehead atoms. The molecule has 0 heterocycles. The Balaban J connectivity index is 2.01. The van der Waals surface area contributed by atoms with Crippen LogP contribution in [0.3, 0.4) is 0 Å². The second kappa shape index (κ2) is 8.54. The first-order valence-electron chi connectivity index (χ1n) is 6.25. The Bertz CT molecular complexity index is 315. The van der Waals surface area contributed by atoms with Crippen LogP contribution < -0.4 is 5.32 Å². The number of hydrogen-bond donors (Lipinski definition) is 1. The van der Waals surface area contributed by atoms with E-state index in [0.29, 0.717) is 0 Å². The molecule has 0 aliphatic heterocycles. The van der Waals surface area contributed by atoms with Crippen LogP contribution in [0.15, 0.2) is 28.7 Å². The summed E-state index contributed by atoms with van der Waals surface area (Å²) in [6, 6.07) is 8.17. The van der Waals surface area contributed by atoms with E-state index < -0.39 is 0 Å². The molecule has 0 unspecified atom stereocenters. The maximum Gasteiger partial charge on any atom is 0.0639 e. The Labute approximate surface area is 113 Å². The topological polar surface area (TPSA) is 21.3 Å². The molecule has 96 valence electrons. The summed E-state index contributed by atoms with van der Waals surface area (Å²) < 4.78 is 6.66. The van der Waals surface area contributed by atoms with E-state index in [0.717, 1.165) is 42.3 Å². The summed E-state index contributed by atoms with van der Waals surface area (Å²) in [4.78, 5) is 0. The molecule has 1 N–H and O–H groups in total. The molecule has 0 saturated heterocycles. The number of hydrogen-bond acceptors (Lipinski definition) is 2. The third kappa shape index (κ3) is 7.40. The number of ether oxygens (including phenoxy) is 1. The molecule has 0 fully saturated rings. The van der Waals surface area contributed by atoms with E-state index in [1.54, 1.807) is 0 Å². The zero-order valence-electron chi connectivity index (χ0n) is 10.7. The lowest BCUT2D eigenvalue weighted by atomic mass is 10.1. The zero-order chi connectivity index (χ0) is 12.5. The normalized spacial score (nSPS) is 10.8. The molecule has 0 aliphatic carbocycles. The average molecular weight is 300 g/mol.